The zero-order valence-electron chi connectivity index (χ0n) is 13.4. The molecule has 2 aliphatic rings. The zero-order valence-corrected chi connectivity index (χ0v) is 14.2. The van der Waals surface area contributed by atoms with Gasteiger partial charge in [0.2, 0.25) is 5.91 Å². The third kappa shape index (κ3) is 2.94. The van der Waals surface area contributed by atoms with E-state index in [0.717, 1.165) is 29.8 Å². The van der Waals surface area contributed by atoms with Gasteiger partial charge in [0.25, 0.3) is 5.91 Å². The van der Waals surface area contributed by atoms with Crippen LogP contribution in [0.15, 0.2) is 24.4 Å². The number of amides is 2. The van der Waals surface area contributed by atoms with Crippen molar-refractivity contribution >= 4 is 23.2 Å². The van der Waals surface area contributed by atoms with Gasteiger partial charge in [0, 0.05) is 17.6 Å². The Balaban J connectivity index is 1.34. The lowest BCUT2D eigenvalue weighted by atomic mass is 10.1. The molecule has 0 saturated heterocycles. The number of pyridine rings is 1. The van der Waals surface area contributed by atoms with Gasteiger partial charge in [0.05, 0.1) is 23.7 Å². The number of nitrogens with one attached hydrogen (secondary N) is 1. The first-order valence-corrected chi connectivity index (χ1v) is 9.12. The third-order valence-corrected chi connectivity index (χ3v) is 5.94. The molecule has 1 aliphatic heterocycles. The highest BCUT2D eigenvalue weighted by Gasteiger charge is 2.23. The van der Waals surface area contributed by atoms with Crippen molar-refractivity contribution in [1.29, 1.82) is 0 Å². The molecule has 4 rings (SSSR count). The highest BCUT2D eigenvalue weighted by Crippen LogP contribution is 2.30. The Labute approximate surface area is 144 Å². The maximum atomic E-state index is 12.4. The van der Waals surface area contributed by atoms with Gasteiger partial charge in [0.15, 0.2) is 0 Å². The SMILES string of the molecule is O=C(NCC(=O)N1CCc2cccnc2C1)c1cc2c(s1)CCC2. The molecule has 0 saturated carbocycles. The third-order valence-electron chi connectivity index (χ3n) is 4.70. The summed E-state index contributed by atoms with van der Waals surface area (Å²) >= 11 is 1.56. The molecule has 1 N–H and O–H groups in total. The van der Waals surface area contributed by atoms with Crippen LogP contribution in [0, 0.1) is 0 Å². The summed E-state index contributed by atoms with van der Waals surface area (Å²) in [4.78, 5) is 32.8. The minimum absolute atomic E-state index is 0.0452. The van der Waals surface area contributed by atoms with Crippen LogP contribution < -0.4 is 5.32 Å². The number of thiophene rings is 1. The van der Waals surface area contributed by atoms with Crippen molar-refractivity contribution in [2.45, 2.75) is 32.2 Å². The summed E-state index contributed by atoms with van der Waals surface area (Å²) in [5.74, 6) is -0.193. The van der Waals surface area contributed by atoms with Gasteiger partial charge >= 0.3 is 0 Å². The number of carbonyl (C=O) groups is 2. The van der Waals surface area contributed by atoms with Crippen LogP contribution in [-0.4, -0.2) is 34.8 Å². The fourth-order valence-corrected chi connectivity index (χ4v) is 4.54. The first-order valence-electron chi connectivity index (χ1n) is 8.31. The number of carbonyl (C=O) groups excluding carboxylic acids is 2. The van der Waals surface area contributed by atoms with Gasteiger partial charge in [-0.05, 0) is 48.9 Å². The molecule has 0 radical (unpaired) electrons. The lowest BCUT2D eigenvalue weighted by Gasteiger charge is -2.28. The van der Waals surface area contributed by atoms with Crippen LogP contribution in [0.25, 0.3) is 0 Å². The van der Waals surface area contributed by atoms with Crippen LogP contribution in [0.1, 0.15) is 37.8 Å². The van der Waals surface area contributed by atoms with Gasteiger partial charge in [-0.1, -0.05) is 6.07 Å². The van der Waals surface area contributed by atoms with Crippen molar-refractivity contribution in [3.8, 4) is 0 Å². The fraction of sp³-hybridized carbons (Fsp3) is 0.389. The normalized spacial score (nSPS) is 15.8. The largest absolute Gasteiger partial charge is 0.342 e. The Kier molecular flexibility index (Phi) is 4.06. The molecule has 5 nitrogen and oxygen atoms in total. The molecule has 2 amide bonds. The topological polar surface area (TPSA) is 62.3 Å². The molecule has 0 unspecified atom stereocenters. The van der Waals surface area contributed by atoms with Gasteiger partial charge in [-0.2, -0.15) is 0 Å². The number of hydrogen-bond acceptors (Lipinski definition) is 4. The Morgan fingerprint density at radius 2 is 2.17 bits per heavy atom. The van der Waals surface area contributed by atoms with Crippen LogP contribution in [0.3, 0.4) is 0 Å². The van der Waals surface area contributed by atoms with Gasteiger partial charge in [0.1, 0.15) is 0 Å². The number of hydrogen-bond donors (Lipinski definition) is 1. The van der Waals surface area contributed by atoms with E-state index in [1.165, 1.54) is 22.4 Å². The molecule has 124 valence electrons. The first kappa shape index (κ1) is 15.3. The van der Waals surface area contributed by atoms with Gasteiger partial charge < -0.3 is 10.2 Å². The highest BCUT2D eigenvalue weighted by molar-refractivity contribution is 7.14. The van der Waals surface area contributed by atoms with Crippen molar-refractivity contribution in [2.24, 2.45) is 0 Å². The van der Waals surface area contributed by atoms with E-state index in [0.29, 0.717) is 13.1 Å². The second-order valence-corrected chi connectivity index (χ2v) is 7.41. The average Bonchev–Trinajstić information content (AvgIpc) is 3.21. The molecule has 3 heterocycles. The maximum Gasteiger partial charge on any atom is 0.261 e. The first-order chi connectivity index (χ1) is 11.7. The average molecular weight is 341 g/mol. The predicted molar refractivity (Wildman–Crippen MR) is 92.0 cm³/mol. The zero-order chi connectivity index (χ0) is 16.5. The number of aromatic nitrogens is 1. The van der Waals surface area contributed by atoms with Crippen molar-refractivity contribution in [2.75, 3.05) is 13.1 Å². The Morgan fingerprint density at radius 3 is 3.04 bits per heavy atom. The Bertz CT molecular complexity index is 778. The number of fused-ring (bicyclic) bond motifs is 2. The summed E-state index contributed by atoms with van der Waals surface area (Å²) in [5, 5.41) is 2.77. The lowest BCUT2D eigenvalue weighted by molar-refractivity contribution is -0.131. The number of aryl methyl sites for hydroxylation is 2. The van der Waals surface area contributed by atoms with Crippen molar-refractivity contribution in [3.63, 3.8) is 0 Å². The van der Waals surface area contributed by atoms with Crippen molar-refractivity contribution < 1.29 is 9.59 Å². The van der Waals surface area contributed by atoms with Crippen LogP contribution in [-0.2, 0) is 30.6 Å². The summed E-state index contributed by atoms with van der Waals surface area (Å²) in [6, 6.07) is 5.96. The number of nitrogens with zero attached hydrogens (tertiary/aromatic N) is 2. The van der Waals surface area contributed by atoms with Crippen molar-refractivity contribution in [3.05, 3.63) is 51.0 Å². The van der Waals surface area contributed by atoms with Crippen LogP contribution in [0.5, 0.6) is 0 Å². The molecule has 0 bridgehead atoms. The molecule has 1 aliphatic carbocycles. The van der Waals surface area contributed by atoms with Gasteiger partial charge in [-0.25, -0.2) is 0 Å². The summed E-state index contributed by atoms with van der Waals surface area (Å²) in [5.41, 5.74) is 3.46. The predicted octanol–water partition coefficient (Wildman–Crippen LogP) is 1.95. The van der Waals surface area contributed by atoms with E-state index in [2.05, 4.69) is 16.4 Å². The van der Waals surface area contributed by atoms with E-state index in [1.807, 2.05) is 12.1 Å². The summed E-state index contributed by atoms with van der Waals surface area (Å²) < 4.78 is 0. The summed E-state index contributed by atoms with van der Waals surface area (Å²) in [6.45, 7) is 1.25. The minimum atomic E-state index is -0.140. The Hall–Kier alpha value is -2.21. The van der Waals surface area contributed by atoms with Crippen LogP contribution in [0.4, 0.5) is 0 Å². The van der Waals surface area contributed by atoms with E-state index >= 15 is 0 Å². The van der Waals surface area contributed by atoms with E-state index in [1.54, 1.807) is 22.4 Å². The quantitative estimate of drug-likeness (QED) is 0.928. The Morgan fingerprint density at radius 1 is 1.25 bits per heavy atom. The lowest BCUT2D eigenvalue weighted by Crippen LogP contribution is -2.42. The van der Waals surface area contributed by atoms with E-state index < -0.39 is 0 Å². The van der Waals surface area contributed by atoms with Gasteiger partial charge in [-0.3, -0.25) is 14.6 Å². The highest BCUT2D eigenvalue weighted by atomic mass is 32.1. The molecule has 6 heteroatoms. The maximum absolute atomic E-state index is 12.4. The van der Waals surface area contributed by atoms with Crippen molar-refractivity contribution in [1.82, 2.24) is 15.2 Å². The van der Waals surface area contributed by atoms with E-state index in [-0.39, 0.29) is 18.4 Å². The monoisotopic (exact) mass is 341 g/mol. The molecule has 0 spiro atoms. The van der Waals surface area contributed by atoms with Crippen LogP contribution >= 0.6 is 11.3 Å². The molecule has 24 heavy (non-hydrogen) atoms. The molecule has 2 aromatic heterocycles. The standard InChI is InChI=1S/C18H19N3O2S/c22-17(21-8-6-12-4-2-7-19-14(12)11-21)10-20-18(23)16-9-13-3-1-5-15(13)24-16/h2,4,7,9H,1,3,5-6,8,10-11H2,(H,20,23). The summed E-state index contributed by atoms with van der Waals surface area (Å²) in [7, 11) is 0. The number of rotatable bonds is 3. The minimum Gasteiger partial charge on any atom is -0.342 e. The summed E-state index contributed by atoms with van der Waals surface area (Å²) in [6.07, 6.45) is 5.90. The van der Waals surface area contributed by atoms with Crippen LogP contribution in [0.2, 0.25) is 0 Å². The van der Waals surface area contributed by atoms with E-state index in [9.17, 15) is 9.59 Å². The smallest absolute Gasteiger partial charge is 0.261 e. The molecule has 2 aromatic rings. The van der Waals surface area contributed by atoms with E-state index in [4.69, 9.17) is 0 Å². The van der Waals surface area contributed by atoms with Gasteiger partial charge in [-0.15, -0.1) is 11.3 Å². The second-order valence-electron chi connectivity index (χ2n) is 6.27. The molecular formula is C18H19N3O2S. The molecule has 0 atom stereocenters. The molecule has 0 aromatic carbocycles. The fourth-order valence-electron chi connectivity index (χ4n) is 3.37. The molecular weight excluding hydrogens is 322 g/mol. The molecule has 0 fully saturated rings. The second kappa shape index (κ2) is 6.36.